The lowest BCUT2D eigenvalue weighted by molar-refractivity contribution is -0.118. The summed E-state index contributed by atoms with van der Waals surface area (Å²) in [6.07, 6.45) is 2.98. The number of nitrogens with zero attached hydrogens (tertiary/aromatic N) is 1. The molecule has 3 rings (SSSR count). The van der Waals surface area contributed by atoms with E-state index in [-0.39, 0.29) is 17.9 Å². The van der Waals surface area contributed by atoms with Crippen LogP contribution in [0.3, 0.4) is 0 Å². The Labute approximate surface area is 171 Å². The van der Waals surface area contributed by atoms with Gasteiger partial charge in [0.1, 0.15) is 16.8 Å². The van der Waals surface area contributed by atoms with Gasteiger partial charge in [-0.05, 0) is 73.3 Å². The number of carbonyl (C=O) groups is 1. The molecule has 1 aromatic heterocycles. The Balaban J connectivity index is 1.70. The lowest BCUT2D eigenvalue weighted by Gasteiger charge is -2.33. The molecule has 1 aromatic carbocycles. The van der Waals surface area contributed by atoms with Crippen molar-refractivity contribution in [2.45, 2.75) is 53.9 Å². The highest BCUT2D eigenvalue weighted by molar-refractivity contribution is 7.16. The number of carbonyl (C=O) groups excluding carboxylic acids is 1. The number of anilines is 1. The number of ether oxygens (including phenoxy) is 1. The zero-order valence-corrected chi connectivity index (χ0v) is 18.1. The fraction of sp³-hybridized carbons (Fsp3) is 0.478. The largest absolute Gasteiger partial charge is 0.484 e. The smallest absolute Gasteiger partial charge is 0.262 e. The molecule has 28 heavy (non-hydrogen) atoms. The SMILES string of the molecule is Cc1cc(C)cc(OCC(=O)Nc2sc3c(c2C#N)CC[C@H](C(C)(C)C)C3)c1. The molecular weight excluding hydrogens is 368 g/mol. The molecule has 1 aliphatic rings. The van der Waals surface area contributed by atoms with Gasteiger partial charge in [-0.25, -0.2) is 0 Å². The Hall–Kier alpha value is -2.32. The zero-order chi connectivity index (χ0) is 20.5. The van der Waals surface area contributed by atoms with Gasteiger partial charge in [0.15, 0.2) is 6.61 Å². The number of nitriles is 1. The van der Waals surface area contributed by atoms with Crippen LogP contribution in [0.25, 0.3) is 0 Å². The molecule has 0 fully saturated rings. The van der Waals surface area contributed by atoms with Gasteiger partial charge in [-0.15, -0.1) is 11.3 Å². The summed E-state index contributed by atoms with van der Waals surface area (Å²) < 4.78 is 5.65. The average molecular weight is 397 g/mol. The standard InChI is InChI=1S/C23H28N2O2S/c1-14-8-15(2)10-17(9-14)27-13-21(26)25-22-19(12-24)18-7-6-16(23(3,4)5)11-20(18)28-22/h8-10,16H,6-7,11,13H2,1-5H3,(H,25,26)/t16-/m0/s1. The minimum Gasteiger partial charge on any atom is -0.484 e. The first-order valence-corrected chi connectivity index (χ1v) is 10.5. The normalized spacial score (nSPS) is 16.2. The van der Waals surface area contributed by atoms with Crippen molar-refractivity contribution in [1.82, 2.24) is 0 Å². The molecule has 1 aliphatic carbocycles. The lowest BCUT2D eigenvalue weighted by atomic mass is 9.72. The minimum atomic E-state index is -0.235. The predicted molar refractivity (Wildman–Crippen MR) is 114 cm³/mol. The van der Waals surface area contributed by atoms with Crippen LogP contribution in [0.2, 0.25) is 0 Å². The van der Waals surface area contributed by atoms with Crippen LogP contribution in [0, 0.1) is 36.5 Å². The molecule has 0 bridgehead atoms. The van der Waals surface area contributed by atoms with Gasteiger partial charge < -0.3 is 10.1 Å². The van der Waals surface area contributed by atoms with E-state index in [0.29, 0.717) is 22.2 Å². The van der Waals surface area contributed by atoms with Gasteiger partial charge in [-0.2, -0.15) is 5.26 Å². The van der Waals surface area contributed by atoms with Crippen molar-refractivity contribution in [2.24, 2.45) is 11.3 Å². The van der Waals surface area contributed by atoms with E-state index in [1.165, 1.54) is 4.88 Å². The Morgan fingerprint density at radius 2 is 1.96 bits per heavy atom. The number of aryl methyl sites for hydroxylation is 2. The molecule has 0 unspecified atom stereocenters. The van der Waals surface area contributed by atoms with Gasteiger partial charge in [0.25, 0.3) is 5.91 Å². The monoisotopic (exact) mass is 396 g/mol. The molecule has 2 aromatic rings. The van der Waals surface area contributed by atoms with Gasteiger partial charge in [-0.3, -0.25) is 4.79 Å². The highest BCUT2D eigenvalue weighted by Gasteiger charge is 2.32. The summed E-state index contributed by atoms with van der Waals surface area (Å²) in [6.45, 7) is 10.7. The van der Waals surface area contributed by atoms with Crippen molar-refractivity contribution in [2.75, 3.05) is 11.9 Å². The summed E-state index contributed by atoms with van der Waals surface area (Å²) in [7, 11) is 0. The first kappa shape index (κ1) is 20.4. The third-order valence-electron chi connectivity index (χ3n) is 5.42. The maximum Gasteiger partial charge on any atom is 0.262 e. The van der Waals surface area contributed by atoms with Crippen molar-refractivity contribution in [1.29, 1.82) is 5.26 Å². The topological polar surface area (TPSA) is 62.1 Å². The summed E-state index contributed by atoms with van der Waals surface area (Å²) >= 11 is 1.55. The Bertz CT molecular complexity index is 911. The second kappa shape index (κ2) is 7.97. The van der Waals surface area contributed by atoms with E-state index in [1.54, 1.807) is 11.3 Å². The molecule has 4 nitrogen and oxygen atoms in total. The zero-order valence-electron chi connectivity index (χ0n) is 17.3. The first-order valence-electron chi connectivity index (χ1n) is 9.73. The highest BCUT2D eigenvalue weighted by atomic mass is 32.1. The van der Waals surface area contributed by atoms with E-state index >= 15 is 0 Å². The molecule has 0 spiro atoms. The van der Waals surface area contributed by atoms with Crippen LogP contribution in [-0.4, -0.2) is 12.5 Å². The molecule has 0 saturated heterocycles. The fourth-order valence-electron chi connectivity index (χ4n) is 3.86. The van der Waals surface area contributed by atoms with Crippen LogP contribution in [0.1, 0.15) is 54.3 Å². The first-order chi connectivity index (χ1) is 13.2. The number of rotatable bonds is 4. The molecule has 1 N–H and O–H groups in total. The maximum atomic E-state index is 12.4. The van der Waals surface area contributed by atoms with E-state index in [4.69, 9.17) is 4.74 Å². The lowest BCUT2D eigenvalue weighted by Crippen LogP contribution is -2.26. The number of hydrogen-bond donors (Lipinski definition) is 1. The second-order valence-corrected chi connectivity index (χ2v) is 9.89. The van der Waals surface area contributed by atoms with Crippen LogP contribution in [-0.2, 0) is 17.6 Å². The number of benzene rings is 1. The summed E-state index contributed by atoms with van der Waals surface area (Å²) in [5, 5.41) is 13.2. The summed E-state index contributed by atoms with van der Waals surface area (Å²) in [6, 6.07) is 8.20. The molecule has 0 aliphatic heterocycles. The van der Waals surface area contributed by atoms with E-state index in [1.807, 2.05) is 26.0 Å². The van der Waals surface area contributed by atoms with Crippen molar-refractivity contribution < 1.29 is 9.53 Å². The van der Waals surface area contributed by atoms with Gasteiger partial charge >= 0.3 is 0 Å². The fourth-order valence-corrected chi connectivity index (χ4v) is 5.15. The molecule has 1 heterocycles. The average Bonchev–Trinajstić information content (AvgIpc) is 2.94. The number of hydrogen-bond acceptors (Lipinski definition) is 4. The molecular formula is C23H28N2O2S. The molecule has 1 atom stereocenters. The Kier molecular flexibility index (Phi) is 5.81. The van der Waals surface area contributed by atoms with Crippen LogP contribution in [0.15, 0.2) is 18.2 Å². The van der Waals surface area contributed by atoms with Gasteiger partial charge in [0.2, 0.25) is 0 Å². The van der Waals surface area contributed by atoms with Crippen LogP contribution in [0.4, 0.5) is 5.00 Å². The van der Waals surface area contributed by atoms with E-state index in [2.05, 4.69) is 38.2 Å². The molecule has 0 saturated carbocycles. The van der Waals surface area contributed by atoms with Crippen LogP contribution in [0.5, 0.6) is 5.75 Å². The summed E-state index contributed by atoms with van der Waals surface area (Å²) in [4.78, 5) is 13.7. The molecule has 0 radical (unpaired) electrons. The molecule has 148 valence electrons. The highest BCUT2D eigenvalue weighted by Crippen LogP contribution is 2.43. The molecule has 1 amide bonds. The van der Waals surface area contributed by atoms with Gasteiger partial charge in [0, 0.05) is 4.88 Å². The number of amides is 1. The third-order valence-corrected chi connectivity index (χ3v) is 6.59. The van der Waals surface area contributed by atoms with E-state index in [0.717, 1.165) is 36.0 Å². The Morgan fingerprint density at radius 1 is 1.29 bits per heavy atom. The summed E-state index contributed by atoms with van der Waals surface area (Å²) in [5.41, 5.74) is 4.20. The Morgan fingerprint density at radius 3 is 2.57 bits per heavy atom. The van der Waals surface area contributed by atoms with Gasteiger partial charge in [0.05, 0.1) is 5.56 Å². The number of thiophene rings is 1. The predicted octanol–water partition coefficient (Wildman–Crippen LogP) is 5.41. The quantitative estimate of drug-likeness (QED) is 0.752. The molecule has 5 heteroatoms. The van der Waals surface area contributed by atoms with E-state index < -0.39 is 0 Å². The number of fused-ring (bicyclic) bond motifs is 1. The van der Waals surface area contributed by atoms with Crippen molar-refractivity contribution in [3.05, 3.63) is 45.3 Å². The van der Waals surface area contributed by atoms with Crippen LogP contribution >= 0.6 is 11.3 Å². The van der Waals surface area contributed by atoms with Crippen molar-refractivity contribution in [3.63, 3.8) is 0 Å². The second-order valence-electron chi connectivity index (χ2n) is 8.79. The maximum absolute atomic E-state index is 12.4. The van der Waals surface area contributed by atoms with Gasteiger partial charge in [-0.1, -0.05) is 26.8 Å². The summed E-state index contributed by atoms with van der Waals surface area (Å²) in [5.74, 6) is 1.05. The van der Waals surface area contributed by atoms with E-state index in [9.17, 15) is 10.1 Å². The van der Waals surface area contributed by atoms with Crippen molar-refractivity contribution in [3.8, 4) is 11.8 Å². The number of nitrogens with one attached hydrogen (secondary N) is 1. The minimum absolute atomic E-state index is 0.0685. The third kappa shape index (κ3) is 4.56. The van der Waals surface area contributed by atoms with Crippen molar-refractivity contribution >= 4 is 22.2 Å². The van der Waals surface area contributed by atoms with Crippen LogP contribution < -0.4 is 10.1 Å².